The molecule has 1 aliphatic carbocycles. The van der Waals surface area contributed by atoms with Crippen molar-refractivity contribution in [3.8, 4) is 0 Å². The minimum absolute atomic E-state index is 0.473. The molecule has 4 heteroatoms. The quantitative estimate of drug-likeness (QED) is 0.618. The van der Waals surface area contributed by atoms with Gasteiger partial charge in [0.15, 0.2) is 0 Å². The van der Waals surface area contributed by atoms with Crippen LogP contribution in [0.5, 0.6) is 0 Å². The summed E-state index contributed by atoms with van der Waals surface area (Å²) in [4.78, 5) is 16.9. The third-order valence-corrected chi connectivity index (χ3v) is 3.94. The lowest BCUT2D eigenvalue weighted by Crippen LogP contribution is -2.24. The van der Waals surface area contributed by atoms with Crippen LogP contribution in [0.1, 0.15) is 31.2 Å². The van der Waals surface area contributed by atoms with Gasteiger partial charge in [-0.05, 0) is 25.0 Å². The molecule has 0 saturated heterocycles. The van der Waals surface area contributed by atoms with E-state index >= 15 is 0 Å². The molecule has 1 aromatic carbocycles. The Balaban J connectivity index is 2.64. The molecular weight excluding hydrogens is 248 g/mol. The molecule has 1 aliphatic rings. The third-order valence-electron chi connectivity index (χ3n) is 3.63. The van der Waals surface area contributed by atoms with Crippen LogP contribution in [0.15, 0.2) is 23.2 Å². The molecule has 0 unspecified atom stereocenters. The van der Waals surface area contributed by atoms with Crippen molar-refractivity contribution in [2.24, 2.45) is 4.99 Å². The second-order valence-corrected chi connectivity index (χ2v) is 5.38. The summed E-state index contributed by atoms with van der Waals surface area (Å²) in [6.07, 6.45) is 5.62. The van der Waals surface area contributed by atoms with Gasteiger partial charge in [0.25, 0.3) is 0 Å². The second-order valence-electron chi connectivity index (χ2n) is 4.97. The molecule has 18 heavy (non-hydrogen) atoms. The van der Waals surface area contributed by atoms with E-state index in [4.69, 9.17) is 11.6 Å². The fourth-order valence-electron chi connectivity index (χ4n) is 2.81. The van der Waals surface area contributed by atoms with Gasteiger partial charge in [-0.1, -0.05) is 30.5 Å². The number of hydrogen-bond donors (Lipinski definition) is 0. The normalized spacial score (nSPS) is 17.3. The highest BCUT2D eigenvalue weighted by Gasteiger charge is 2.39. The molecule has 0 N–H and O–H groups in total. The molecule has 0 spiro atoms. The molecule has 0 aromatic heterocycles. The molecule has 0 atom stereocenters. The number of halogens is 1. The zero-order chi connectivity index (χ0) is 13.2. The summed E-state index contributed by atoms with van der Waals surface area (Å²) in [7, 11) is 3.95. The van der Waals surface area contributed by atoms with E-state index in [1.54, 1.807) is 6.08 Å². The minimum atomic E-state index is -0.473. The molecule has 2 rings (SSSR count). The predicted octanol–water partition coefficient (Wildman–Crippen LogP) is 3.51. The molecule has 1 saturated carbocycles. The summed E-state index contributed by atoms with van der Waals surface area (Å²) in [6.45, 7) is 0. The van der Waals surface area contributed by atoms with Gasteiger partial charge in [-0.25, -0.2) is 4.79 Å². The first kappa shape index (κ1) is 13.1. The Kier molecular flexibility index (Phi) is 3.74. The maximum Gasteiger partial charge on any atom is 0.235 e. The topological polar surface area (TPSA) is 32.7 Å². The second kappa shape index (κ2) is 5.13. The van der Waals surface area contributed by atoms with Gasteiger partial charge in [0.1, 0.15) is 5.54 Å². The molecule has 0 aliphatic heterocycles. The van der Waals surface area contributed by atoms with E-state index in [-0.39, 0.29) is 0 Å². The van der Waals surface area contributed by atoms with Gasteiger partial charge in [0.2, 0.25) is 6.08 Å². The van der Waals surface area contributed by atoms with E-state index in [9.17, 15) is 4.79 Å². The summed E-state index contributed by atoms with van der Waals surface area (Å²) in [5.41, 5.74) is 1.53. The fraction of sp³-hybridized carbons (Fsp3) is 0.500. The molecule has 1 aromatic rings. The Morgan fingerprint density at radius 3 is 2.56 bits per heavy atom. The van der Waals surface area contributed by atoms with Crippen LogP contribution < -0.4 is 4.90 Å². The van der Waals surface area contributed by atoms with Gasteiger partial charge >= 0.3 is 0 Å². The largest absolute Gasteiger partial charge is 0.377 e. The Labute approximate surface area is 112 Å². The summed E-state index contributed by atoms with van der Waals surface area (Å²) >= 11 is 6.36. The van der Waals surface area contributed by atoms with Crippen molar-refractivity contribution in [3.63, 3.8) is 0 Å². The molecular formula is C14H17ClN2O. The van der Waals surface area contributed by atoms with Crippen molar-refractivity contribution in [1.29, 1.82) is 0 Å². The van der Waals surface area contributed by atoms with Crippen molar-refractivity contribution in [3.05, 3.63) is 28.8 Å². The monoisotopic (exact) mass is 264 g/mol. The van der Waals surface area contributed by atoms with E-state index in [0.29, 0.717) is 5.02 Å². The predicted molar refractivity (Wildman–Crippen MR) is 74.0 cm³/mol. The summed E-state index contributed by atoms with van der Waals surface area (Å²) in [5, 5.41) is 0.683. The number of anilines is 1. The fourth-order valence-corrected chi connectivity index (χ4v) is 3.16. The lowest BCUT2D eigenvalue weighted by atomic mass is 9.87. The Morgan fingerprint density at radius 1 is 1.33 bits per heavy atom. The van der Waals surface area contributed by atoms with Gasteiger partial charge in [-0.15, -0.1) is 0 Å². The lowest BCUT2D eigenvalue weighted by molar-refractivity contribution is 0.456. The maximum atomic E-state index is 10.8. The van der Waals surface area contributed by atoms with Crippen LogP contribution in [0.25, 0.3) is 0 Å². The highest BCUT2D eigenvalue weighted by Crippen LogP contribution is 2.48. The van der Waals surface area contributed by atoms with Gasteiger partial charge in [-0.3, -0.25) is 0 Å². The van der Waals surface area contributed by atoms with Crippen LogP contribution in [0.3, 0.4) is 0 Å². The van der Waals surface area contributed by atoms with Crippen molar-refractivity contribution in [2.45, 2.75) is 31.2 Å². The van der Waals surface area contributed by atoms with Gasteiger partial charge in [0.05, 0.1) is 0 Å². The van der Waals surface area contributed by atoms with E-state index in [1.165, 1.54) is 0 Å². The average molecular weight is 265 g/mol. The summed E-state index contributed by atoms with van der Waals surface area (Å²) in [6, 6.07) is 5.81. The SMILES string of the molecule is CN(C)c1cccc(Cl)c1C1(N=C=O)CCCC1. The van der Waals surface area contributed by atoms with E-state index in [0.717, 1.165) is 36.9 Å². The highest BCUT2D eigenvalue weighted by molar-refractivity contribution is 6.32. The van der Waals surface area contributed by atoms with Crippen molar-refractivity contribution < 1.29 is 4.79 Å². The number of nitrogens with zero attached hydrogens (tertiary/aromatic N) is 2. The summed E-state index contributed by atoms with van der Waals surface area (Å²) < 4.78 is 0. The van der Waals surface area contributed by atoms with Crippen LogP contribution in [0.2, 0.25) is 5.02 Å². The Bertz CT molecular complexity index is 487. The standard InChI is InChI=1S/C14H17ClN2O/c1-17(2)12-7-5-6-11(15)13(12)14(16-10-18)8-3-4-9-14/h5-7H,3-4,8-9H2,1-2H3. The van der Waals surface area contributed by atoms with Crippen LogP contribution in [0, 0.1) is 0 Å². The number of aliphatic imine (C=N–C) groups is 1. The number of carbonyl (C=O) groups excluding carboxylic acids is 1. The summed E-state index contributed by atoms with van der Waals surface area (Å²) in [5.74, 6) is 0. The smallest absolute Gasteiger partial charge is 0.235 e. The molecule has 3 nitrogen and oxygen atoms in total. The first-order chi connectivity index (χ1) is 8.60. The molecule has 0 radical (unpaired) electrons. The van der Waals surface area contributed by atoms with Crippen LogP contribution in [0.4, 0.5) is 5.69 Å². The number of hydrogen-bond acceptors (Lipinski definition) is 3. The minimum Gasteiger partial charge on any atom is -0.377 e. The third kappa shape index (κ3) is 2.16. The molecule has 96 valence electrons. The highest BCUT2D eigenvalue weighted by atomic mass is 35.5. The Morgan fingerprint density at radius 2 is 2.00 bits per heavy atom. The van der Waals surface area contributed by atoms with Gasteiger partial charge in [-0.2, -0.15) is 4.99 Å². The van der Waals surface area contributed by atoms with Crippen molar-refractivity contribution >= 4 is 23.4 Å². The molecule has 0 bridgehead atoms. The average Bonchev–Trinajstić information content (AvgIpc) is 2.78. The first-order valence-corrected chi connectivity index (χ1v) is 6.54. The van der Waals surface area contributed by atoms with Gasteiger partial charge < -0.3 is 4.90 Å². The van der Waals surface area contributed by atoms with E-state index in [2.05, 4.69) is 4.99 Å². The molecule has 1 fully saturated rings. The van der Waals surface area contributed by atoms with E-state index in [1.807, 2.05) is 37.2 Å². The maximum absolute atomic E-state index is 10.8. The van der Waals surface area contributed by atoms with Crippen LogP contribution in [-0.4, -0.2) is 20.2 Å². The molecule has 0 heterocycles. The number of rotatable bonds is 3. The van der Waals surface area contributed by atoms with Crippen LogP contribution >= 0.6 is 11.6 Å². The Hall–Kier alpha value is -1.31. The van der Waals surface area contributed by atoms with Crippen molar-refractivity contribution in [1.82, 2.24) is 0 Å². The number of isocyanates is 1. The van der Waals surface area contributed by atoms with Gasteiger partial charge in [0, 0.05) is 30.4 Å². The first-order valence-electron chi connectivity index (χ1n) is 6.16. The van der Waals surface area contributed by atoms with Crippen LogP contribution in [-0.2, 0) is 10.3 Å². The zero-order valence-corrected chi connectivity index (χ0v) is 11.5. The lowest BCUT2D eigenvalue weighted by Gasteiger charge is -2.29. The zero-order valence-electron chi connectivity index (χ0n) is 10.7. The van der Waals surface area contributed by atoms with E-state index < -0.39 is 5.54 Å². The van der Waals surface area contributed by atoms with Crippen molar-refractivity contribution in [2.75, 3.05) is 19.0 Å². The molecule has 0 amide bonds. The number of benzene rings is 1.